The topological polar surface area (TPSA) is 95.1 Å². The van der Waals surface area contributed by atoms with E-state index in [1.165, 1.54) is 43.9 Å². The molecule has 0 radical (unpaired) electrons. The SMILES string of the molecule is CCn1c(SCC(=O)Nc2ncccc2OCC2CCCCC2)nnc1-c1ccco1. The van der Waals surface area contributed by atoms with Crippen LogP contribution in [0, 0.1) is 5.92 Å². The maximum absolute atomic E-state index is 12.6. The van der Waals surface area contributed by atoms with Gasteiger partial charge in [0, 0.05) is 12.7 Å². The Balaban J connectivity index is 1.34. The molecule has 0 spiro atoms. The predicted molar refractivity (Wildman–Crippen MR) is 119 cm³/mol. The van der Waals surface area contributed by atoms with Gasteiger partial charge in [-0.1, -0.05) is 31.0 Å². The van der Waals surface area contributed by atoms with Crippen LogP contribution in [0.1, 0.15) is 39.0 Å². The van der Waals surface area contributed by atoms with Gasteiger partial charge in [-0.15, -0.1) is 10.2 Å². The first-order valence-corrected chi connectivity index (χ1v) is 11.7. The van der Waals surface area contributed by atoms with Crippen molar-refractivity contribution in [2.24, 2.45) is 5.92 Å². The normalized spacial score (nSPS) is 14.5. The summed E-state index contributed by atoms with van der Waals surface area (Å²) in [6.07, 6.45) is 9.52. The number of amides is 1. The number of aromatic nitrogens is 4. The molecule has 1 fully saturated rings. The minimum atomic E-state index is -0.170. The van der Waals surface area contributed by atoms with Gasteiger partial charge < -0.3 is 14.5 Å². The highest BCUT2D eigenvalue weighted by Gasteiger charge is 2.18. The van der Waals surface area contributed by atoms with E-state index in [1.807, 2.05) is 35.8 Å². The van der Waals surface area contributed by atoms with Crippen LogP contribution >= 0.6 is 11.8 Å². The molecule has 1 aliphatic carbocycles. The van der Waals surface area contributed by atoms with Crippen LogP contribution in [0.4, 0.5) is 5.82 Å². The monoisotopic (exact) mass is 441 g/mol. The van der Waals surface area contributed by atoms with Crippen molar-refractivity contribution in [3.05, 3.63) is 36.7 Å². The van der Waals surface area contributed by atoms with Gasteiger partial charge in [-0.25, -0.2) is 4.98 Å². The van der Waals surface area contributed by atoms with E-state index in [4.69, 9.17) is 9.15 Å². The first-order chi connectivity index (χ1) is 15.2. The summed E-state index contributed by atoms with van der Waals surface area (Å²) in [5.41, 5.74) is 0. The number of thioether (sulfide) groups is 1. The Bertz CT molecular complexity index is 983. The number of nitrogens with zero attached hydrogens (tertiary/aromatic N) is 4. The fourth-order valence-corrected chi connectivity index (χ4v) is 4.53. The Morgan fingerprint density at radius 2 is 2.13 bits per heavy atom. The zero-order valence-corrected chi connectivity index (χ0v) is 18.4. The van der Waals surface area contributed by atoms with Crippen LogP contribution < -0.4 is 10.1 Å². The molecule has 0 bridgehead atoms. The number of nitrogens with one attached hydrogen (secondary N) is 1. The third kappa shape index (κ3) is 5.46. The molecular weight excluding hydrogens is 414 g/mol. The summed E-state index contributed by atoms with van der Waals surface area (Å²) in [5.74, 6) is 2.97. The van der Waals surface area contributed by atoms with E-state index in [-0.39, 0.29) is 11.7 Å². The minimum Gasteiger partial charge on any atom is -0.489 e. The molecule has 1 amide bonds. The molecule has 8 nitrogen and oxygen atoms in total. The van der Waals surface area contributed by atoms with Crippen molar-refractivity contribution in [1.82, 2.24) is 19.7 Å². The van der Waals surface area contributed by atoms with E-state index in [0.29, 0.717) is 47.4 Å². The Kier molecular flexibility index (Phi) is 7.24. The minimum absolute atomic E-state index is 0.170. The van der Waals surface area contributed by atoms with E-state index in [0.717, 1.165) is 0 Å². The molecule has 31 heavy (non-hydrogen) atoms. The summed E-state index contributed by atoms with van der Waals surface area (Å²) in [6.45, 7) is 3.34. The lowest BCUT2D eigenvalue weighted by atomic mass is 9.90. The highest BCUT2D eigenvalue weighted by Crippen LogP contribution is 2.28. The standard InChI is InChI=1S/C22H27N5O3S/c1-2-27-21(18-11-7-13-29-18)25-26-22(27)31-15-19(28)24-20-17(10-6-12-23-20)30-14-16-8-4-3-5-9-16/h6-7,10-13,16H,2-5,8-9,14-15H2,1H3,(H,23,24,28). The van der Waals surface area contributed by atoms with Crippen LogP contribution in [0.3, 0.4) is 0 Å². The zero-order chi connectivity index (χ0) is 21.5. The number of hydrogen-bond acceptors (Lipinski definition) is 7. The molecule has 1 aliphatic rings. The second-order valence-electron chi connectivity index (χ2n) is 7.53. The Hall–Kier alpha value is -2.81. The molecule has 9 heteroatoms. The smallest absolute Gasteiger partial charge is 0.236 e. The van der Waals surface area contributed by atoms with E-state index in [9.17, 15) is 4.79 Å². The van der Waals surface area contributed by atoms with Crippen molar-refractivity contribution in [3.8, 4) is 17.3 Å². The number of rotatable bonds is 9. The maximum Gasteiger partial charge on any atom is 0.236 e. The third-order valence-corrected chi connectivity index (χ3v) is 6.30. The fraction of sp³-hybridized carbons (Fsp3) is 0.455. The van der Waals surface area contributed by atoms with Crippen molar-refractivity contribution in [3.63, 3.8) is 0 Å². The largest absolute Gasteiger partial charge is 0.489 e. The lowest BCUT2D eigenvalue weighted by molar-refractivity contribution is -0.113. The molecule has 3 heterocycles. The van der Waals surface area contributed by atoms with E-state index in [1.54, 1.807) is 12.5 Å². The second-order valence-corrected chi connectivity index (χ2v) is 8.47. The first kappa shape index (κ1) is 21.4. The lowest BCUT2D eigenvalue weighted by Crippen LogP contribution is -2.18. The summed E-state index contributed by atoms with van der Waals surface area (Å²) < 4.78 is 13.4. The number of pyridine rings is 1. The molecule has 0 atom stereocenters. The van der Waals surface area contributed by atoms with Gasteiger partial charge >= 0.3 is 0 Å². The van der Waals surface area contributed by atoms with E-state index < -0.39 is 0 Å². The molecule has 1 N–H and O–H groups in total. The summed E-state index contributed by atoms with van der Waals surface area (Å²) in [6, 6.07) is 7.32. The number of furan rings is 1. The van der Waals surface area contributed by atoms with E-state index >= 15 is 0 Å². The molecule has 0 aliphatic heterocycles. The molecule has 0 saturated heterocycles. The highest BCUT2D eigenvalue weighted by molar-refractivity contribution is 7.99. The van der Waals surface area contributed by atoms with Crippen molar-refractivity contribution >= 4 is 23.5 Å². The van der Waals surface area contributed by atoms with Crippen LogP contribution in [0.5, 0.6) is 5.75 Å². The Morgan fingerprint density at radius 3 is 2.90 bits per heavy atom. The number of carbonyl (C=O) groups excluding carboxylic acids is 1. The Labute approximate surface area is 185 Å². The highest BCUT2D eigenvalue weighted by atomic mass is 32.2. The molecule has 3 aromatic heterocycles. The molecule has 0 aromatic carbocycles. The predicted octanol–water partition coefficient (Wildman–Crippen LogP) is 4.64. The van der Waals surface area contributed by atoms with Gasteiger partial charge in [-0.05, 0) is 49.9 Å². The molecule has 4 rings (SSSR count). The molecule has 0 unspecified atom stereocenters. The molecule has 3 aromatic rings. The molecular formula is C22H27N5O3S. The van der Waals surface area contributed by atoms with Crippen molar-refractivity contribution < 1.29 is 13.9 Å². The fourth-order valence-electron chi connectivity index (χ4n) is 3.73. The van der Waals surface area contributed by atoms with Crippen LogP contribution in [0.25, 0.3) is 11.6 Å². The van der Waals surface area contributed by atoms with Crippen molar-refractivity contribution in [1.29, 1.82) is 0 Å². The molecule has 164 valence electrons. The number of hydrogen-bond donors (Lipinski definition) is 1. The zero-order valence-electron chi connectivity index (χ0n) is 17.6. The average molecular weight is 442 g/mol. The lowest BCUT2D eigenvalue weighted by Gasteiger charge is -2.22. The summed E-state index contributed by atoms with van der Waals surface area (Å²) in [5, 5.41) is 12.0. The van der Waals surface area contributed by atoms with E-state index in [2.05, 4.69) is 20.5 Å². The van der Waals surface area contributed by atoms with Gasteiger partial charge in [0.05, 0.1) is 18.6 Å². The maximum atomic E-state index is 12.6. The number of carbonyl (C=O) groups is 1. The summed E-state index contributed by atoms with van der Waals surface area (Å²) in [7, 11) is 0. The summed E-state index contributed by atoms with van der Waals surface area (Å²) in [4.78, 5) is 16.9. The Morgan fingerprint density at radius 1 is 1.26 bits per heavy atom. The summed E-state index contributed by atoms with van der Waals surface area (Å²) >= 11 is 1.33. The van der Waals surface area contributed by atoms with Crippen LogP contribution in [-0.4, -0.2) is 38.0 Å². The van der Waals surface area contributed by atoms with Gasteiger partial charge in [-0.3, -0.25) is 9.36 Å². The van der Waals surface area contributed by atoms with Crippen LogP contribution in [0.15, 0.2) is 46.3 Å². The molecule has 1 saturated carbocycles. The second kappa shape index (κ2) is 10.5. The van der Waals surface area contributed by atoms with Crippen LogP contribution in [0.2, 0.25) is 0 Å². The van der Waals surface area contributed by atoms with Crippen molar-refractivity contribution in [2.45, 2.75) is 50.7 Å². The van der Waals surface area contributed by atoms with Gasteiger partial charge in [0.25, 0.3) is 0 Å². The van der Waals surface area contributed by atoms with Gasteiger partial charge in [0.1, 0.15) is 0 Å². The average Bonchev–Trinajstić information content (AvgIpc) is 3.47. The van der Waals surface area contributed by atoms with Gasteiger partial charge in [-0.2, -0.15) is 0 Å². The van der Waals surface area contributed by atoms with Crippen molar-refractivity contribution in [2.75, 3.05) is 17.7 Å². The quantitative estimate of drug-likeness (QED) is 0.483. The van der Waals surface area contributed by atoms with Gasteiger partial charge in [0.15, 0.2) is 28.3 Å². The number of ether oxygens (including phenoxy) is 1. The number of anilines is 1. The van der Waals surface area contributed by atoms with Gasteiger partial charge in [0.2, 0.25) is 5.91 Å². The van der Waals surface area contributed by atoms with Crippen LogP contribution in [-0.2, 0) is 11.3 Å². The first-order valence-electron chi connectivity index (χ1n) is 10.7. The third-order valence-electron chi connectivity index (χ3n) is 5.33.